The van der Waals surface area contributed by atoms with Gasteiger partial charge in [0.15, 0.2) is 0 Å². The number of amides is 4. The Morgan fingerprint density at radius 2 is 1.96 bits per heavy atom. The molecule has 2 aliphatic rings. The monoisotopic (exact) mass is 333 g/mol. The molecule has 1 aromatic carbocycles. The van der Waals surface area contributed by atoms with Crippen LogP contribution in [-0.4, -0.2) is 41.4 Å². The predicted octanol–water partition coefficient (Wildman–Crippen LogP) is 1.52. The Hall–Kier alpha value is -2.44. The Balaban J connectivity index is 1.59. The topological polar surface area (TPSA) is 78.5 Å². The Bertz CT molecular complexity index is 683. The van der Waals surface area contributed by atoms with Gasteiger partial charge in [0.2, 0.25) is 5.91 Å². The van der Waals surface area contributed by atoms with Crippen LogP contribution >= 0.6 is 0 Å². The molecule has 1 spiro atoms. The maximum absolute atomic E-state index is 13.8. The molecule has 24 heavy (non-hydrogen) atoms. The van der Waals surface area contributed by atoms with E-state index in [0.29, 0.717) is 31.5 Å². The zero-order chi connectivity index (χ0) is 17.3. The van der Waals surface area contributed by atoms with E-state index >= 15 is 0 Å². The Morgan fingerprint density at radius 3 is 2.54 bits per heavy atom. The van der Waals surface area contributed by atoms with Gasteiger partial charge in [-0.25, -0.2) is 9.18 Å². The highest BCUT2D eigenvalue weighted by molar-refractivity contribution is 6.07. The second-order valence-electron chi connectivity index (χ2n) is 6.50. The van der Waals surface area contributed by atoms with Crippen molar-refractivity contribution < 1.29 is 18.8 Å². The molecule has 2 aliphatic heterocycles. The smallest absolute Gasteiger partial charge is 0.322 e. The van der Waals surface area contributed by atoms with Crippen LogP contribution in [0, 0.1) is 5.82 Å². The van der Waals surface area contributed by atoms with Gasteiger partial charge in [-0.3, -0.25) is 14.9 Å². The number of urea groups is 1. The van der Waals surface area contributed by atoms with Gasteiger partial charge < -0.3 is 10.2 Å². The van der Waals surface area contributed by atoms with Gasteiger partial charge in [-0.15, -0.1) is 0 Å². The summed E-state index contributed by atoms with van der Waals surface area (Å²) in [6.45, 7) is 2.62. The number of nitrogens with one attached hydrogen (secondary N) is 2. The van der Waals surface area contributed by atoms with Gasteiger partial charge in [0, 0.05) is 19.5 Å². The van der Waals surface area contributed by atoms with Crippen molar-refractivity contribution in [3.63, 3.8) is 0 Å². The fourth-order valence-corrected chi connectivity index (χ4v) is 3.39. The van der Waals surface area contributed by atoms with Crippen molar-refractivity contribution in [2.24, 2.45) is 0 Å². The highest BCUT2D eigenvalue weighted by atomic mass is 19.1. The molecule has 0 aliphatic carbocycles. The van der Waals surface area contributed by atoms with Gasteiger partial charge in [-0.2, -0.15) is 0 Å². The van der Waals surface area contributed by atoms with E-state index in [1.807, 2.05) is 6.92 Å². The maximum atomic E-state index is 13.8. The molecule has 1 atom stereocenters. The number of benzene rings is 1. The number of hydrogen-bond acceptors (Lipinski definition) is 3. The molecule has 2 saturated heterocycles. The fourth-order valence-electron chi connectivity index (χ4n) is 3.39. The van der Waals surface area contributed by atoms with Gasteiger partial charge in [-0.1, -0.05) is 25.1 Å². The lowest BCUT2D eigenvalue weighted by Gasteiger charge is -2.37. The van der Waals surface area contributed by atoms with Crippen molar-refractivity contribution in [1.29, 1.82) is 0 Å². The van der Waals surface area contributed by atoms with Crippen molar-refractivity contribution in [3.8, 4) is 0 Å². The van der Waals surface area contributed by atoms with E-state index < -0.39 is 11.6 Å². The van der Waals surface area contributed by atoms with Gasteiger partial charge in [-0.05, 0) is 30.4 Å². The summed E-state index contributed by atoms with van der Waals surface area (Å²) in [5.74, 6) is -0.908. The average molecular weight is 333 g/mol. The minimum atomic E-state index is -0.884. The van der Waals surface area contributed by atoms with Gasteiger partial charge in [0.05, 0.1) is 0 Å². The van der Waals surface area contributed by atoms with Crippen LogP contribution in [-0.2, 0) is 9.59 Å². The fraction of sp³-hybridized carbons (Fsp3) is 0.471. The summed E-state index contributed by atoms with van der Waals surface area (Å²) in [6.07, 6.45) is 1.00. The molecule has 4 amide bonds. The van der Waals surface area contributed by atoms with E-state index in [1.165, 1.54) is 6.07 Å². The van der Waals surface area contributed by atoms with E-state index in [9.17, 15) is 18.8 Å². The molecule has 1 aromatic rings. The van der Waals surface area contributed by atoms with Crippen LogP contribution in [0.15, 0.2) is 24.3 Å². The summed E-state index contributed by atoms with van der Waals surface area (Å²) >= 11 is 0. The standard InChI is InChI=1S/C17H20FN3O3/c1-11(12-4-2-3-5-13(12)18)10-14(22)21-8-6-17(7-9-21)15(23)19-16(24)20-17/h2-5,11H,6-10H2,1H3,(H2,19,20,23,24)/t11-/m0/s1. The average Bonchev–Trinajstić information content (AvgIpc) is 2.81. The zero-order valence-electron chi connectivity index (χ0n) is 13.5. The molecule has 7 heteroatoms. The van der Waals surface area contributed by atoms with Gasteiger partial charge in [0.1, 0.15) is 11.4 Å². The molecule has 0 saturated carbocycles. The highest BCUT2D eigenvalue weighted by Crippen LogP contribution is 2.28. The third-order valence-electron chi connectivity index (χ3n) is 4.90. The molecule has 0 aromatic heterocycles. The first-order valence-corrected chi connectivity index (χ1v) is 8.07. The molecular weight excluding hydrogens is 313 g/mol. The van der Waals surface area contributed by atoms with Gasteiger partial charge >= 0.3 is 6.03 Å². The first-order chi connectivity index (χ1) is 11.4. The van der Waals surface area contributed by atoms with Crippen LogP contribution < -0.4 is 10.6 Å². The Kier molecular flexibility index (Phi) is 4.26. The molecule has 0 unspecified atom stereocenters. The normalized spacial score (nSPS) is 20.7. The van der Waals surface area contributed by atoms with Crippen LogP contribution in [0.4, 0.5) is 9.18 Å². The van der Waals surface area contributed by atoms with E-state index in [-0.39, 0.29) is 30.0 Å². The van der Waals surface area contributed by atoms with Crippen molar-refractivity contribution >= 4 is 17.8 Å². The molecule has 2 fully saturated rings. The number of halogens is 1. The number of hydrogen-bond donors (Lipinski definition) is 2. The highest BCUT2D eigenvalue weighted by Gasteiger charge is 2.48. The van der Waals surface area contributed by atoms with E-state index in [0.717, 1.165) is 0 Å². The second-order valence-corrected chi connectivity index (χ2v) is 6.50. The van der Waals surface area contributed by atoms with Gasteiger partial charge in [0.25, 0.3) is 5.91 Å². The summed E-state index contributed by atoms with van der Waals surface area (Å²) < 4.78 is 13.8. The third kappa shape index (κ3) is 2.98. The summed E-state index contributed by atoms with van der Waals surface area (Å²) in [7, 11) is 0. The van der Waals surface area contributed by atoms with Crippen LogP contribution in [0.5, 0.6) is 0 Å². The summed E-state index contributed by atoms with van der Waals surface area (Å²) in [6, 6.07) is 5.98. The molecular formula is C17H20FN3O3. The Morgan fingerprint density at radius 1 is 1.29 bits per heavy atom. The van der Waals surface area contributed by atoms with Crippen molar-refractivity contribution in [2.45, 2.75) is 37.6 Å². The minimum absolute atomic E-state index is 0.0645. The zero-order valence-corrected chi connectivity index (χ0v) is 13.5. The van der Waals surface area contributed by atoms with Crippen LogP contribution in [0.3, 0.4) is 0 Å². The summed E-state index contributed by atoms with van der Waals surface area (Å²) in [4.78, 5) is 37.4. The SMILES string of the molecule is C[C@@H](CC(=O)N1CCC2(CC1)NC(=O)NC2=O)c1ccccc1F. The van der Waals surface area contributed by atoms with Crippen LogP contribution in [0.1, 0.15) is 37.7 Å². The molecule has 6 nitrogen and oxygen atoms in total. The molecule has 3 rings (SSSR count). The third-order valence-corrected chi connectivity index (χ3v) is 4.90. The van der Waals surface area contributed by atoms with Crippen molar-refractivity contribution in [1.82, 2.24) is 15.5 Å². The Labute approximate surface area is 139 Å². The number of imide groups is 1. The lowest BCUT2D eigenvalue weighted by Crippen LogP contribution is -2.55. The quantitative estimate of drug-likeness (QED) is 0.823. The minimum Gasteiger partial charge on any atom is -0.342 e. The maximum Gasteiger partial charge on any atom is 0.322 e. The number of carbonyl (C=O) groups excluding carboxylic acids is 3. The lowest BCUT2D eigenvalue weighted by atomic mass is 9.87. The number of nitrogens with zero attached hydrogens (tertiary/aromatic N) is 1. The molecule has 128 valence electrons. The number of rotatable bonds is 3. The number of likely N-dealkylation sites (tertiary alicyclic amines) is 1. The van der Waals surface area contributed by atoms with Crippen molar-refractivity contribution in [2.75, 3.05) is 13.1 Å². The molecule has 2 N–H and O–H groups in total. The summed E-state index contributed by atoms with van der Waals surface area (Å²) in [5, 5.41) is 4.91. The van der Waals surface area contributed by atoms with Crippen LogP contribution in [0.2, 0.25) is 0 Å². The van der Waals surface area contributed by atoms with E-state index in [2.05, 4.69) is 10.6 Å². The van der Waals surface area contributed by atoms with Crippen LogP contribution in [0.25, 0.3) is 0 Å². The number of carbonyl (C=O) groups is 3. The first-order valence-electron chi connectivity index (χ1n) is 8.07. The van der Waals surface area contributed by atoms with Crippen molar-refractivity contribution in [3.05, 3.63) is 35.6 Å². The predicted molar refractivity (Wildman–Crippen MR) is 84.7 cm³/mol. The lowest BCUT2D eigenvalue weighted by molar-refractivity contribution is -0.136. The molecule has 2 heterocycles. The molecule has 0 bridgehead atoms. The second kappa shape index (κ2) is 6.22. The van der Waals surface area contributed by atoms with E-state index in [1.54, 1.807) is 23.1 Å². The summed E-state index contributed by atoms with van der Waals surface area (Å²) in [5.41, 5.74) is -0.355. The largest absolute Gasteiger partial charge is 0.342 e. The van der Waals surface area contributed by atoms with E-state index in [4.69, 9.17) is 0 Å². The number of piperidine rings is 1. The first kappa shape index (κ1) is 16.4. The molecule has 0 radical (unpaired) electrons.